The van der Waals surface area contributed by atoms with E-state index in [4.69, 9.17) is 9.97 Å². The summed E-state index contributed by atoms with van der Waals surface area (Å²) in [4.78, 5) is 36.8. The van der Waals surface area contributed by atoms with Crippen molar-refractivity contribution in [2.24, 2.45) is 0 Å². The SMILES string of the molecule is c1ccc(-c2nccnc2-c2cccc(-c3cccc(-c4nccnc4-c4ccccn4)n3)n2)nc1. The highest BCUT2D eigenvalue weighted by atomic mass is 14.9. The normalized spacial score (nSPS) is 10.8. The maximum atomic E-state index is 4.87. The third kappa shape index (κ3) is 4.19. The first-order valence-electron chi connectivity index (χ1n) is 11.3. The maximum Gasteiger partial charge on any atom is 0.116 e. The molecule has 0 aliphatic heterocycles. The molecule has 0 radical (unpaired) electrons. The molecule has 0 saturated carbocycles. The summed E-state index contributed by atoms with van der Waals surface area (Å²) in [5.41, 5.74) is 6.89. The summed E-state index contributed by atoms with van der Waals surface area (Å²) in [6.07, 6.45) is 10.1. The van der Waals surface area contributed by atoms with Gasteiger partial charge in [-0.1, -0.05) is 24.3 Å². The van der Waals surface area contributed by atoms with Crippen LogP contribution in [0.15, 0.2) is 110 Å². The van der Waals surface area contributed by atoms with E-state index in [9.17, 15) is 0 Å². The van der Waals surface area contributed by atoms with Gasteiger partial charge in [0.15, 0.2) is 0 Å². The fraction of sp³-hybridized carbons (Fsp3) is 0. The van der Waals surface area contributed by atoms with E-state index < -0.39 is 0 Å². The summed E-state index contributed by atoms with van der Waals surface area (Å²) in [5, 5.41) is 0. The number of hydrogen-bond acceptors (Lipinski definition) is 8. The van der Waals surface area contributed by atoms with Gasteiger partial charge in [0, 0.05) is 37.2 Å². The molecule has 6 aromatic heterocycles. The van der Waals surface area contributed by atoms with Gasteiger partial charge in [-0.05, 0) is 48.5 Å². The standard InChI is InChI=1S/C28H18N8/c1-3-13-29-21(7-1)25-27(33-17-15-31-25)23-11-5-9-19(35-23)20-10-6-12-24(36-20)28-26(32-16-18-34-28)22-8-2-4-14-30-22/h1-18H. The van der Waals surface area contributed by atoms with E-state index in [1.807, 2.05) is 72.8 Å². The molecule has 0 bridgehead atoms. The zero-order chi connectivity index (χ0) is 24.2. The molecule has 0 unspecified atom stereocenters. The highest BCUT2D eigenvalue weighted by Crippen LogP contribution is 2.29. The van der Waals surface area contributed by atoms with Gasteiger partial charge in [-0.15, -0.1) is 0 Å². The molecule has 170 valence electrons. The Balaban J connectivity index is 1.41. The third-order valence-corrected chi connectivity index (χ3v) is 5.46. The smallest absolute Gasteiger partial charge is 0.116 e. The largest absolute Gasteiger partial charge is 0.255 e. The van der Waals surface area contributed by atoms with E-state index in [0.29, 0.717) is 45.6 Å². The van der Waals surface area contributed by atoms with Gasteiger partial charge in [-0.25, -0.2) is 9.97 Å². The van der Waals surface area contributed by atoms with Crippen molar-refractivity contribution in [3.63, 3.8) is 0 Å². The predicted octanol–water partition coefficient (Wildman–Crippen LogP) is 5.18. The van der Waals surface area contributed by atoms with Crippen molar-refractivity contribution in [3.8, 4) is 56.9 Å². The lowest BCUT2D eigenvalue weighted by Crippen LogP contribution is -1.99. The molecular formula is C28H18N8. The first-order valence-corrected chi connectivity index (χ1v) is 11.3. The molecule has 8 heteroatoms. The van der Waals surface area contributed by atoms with Crippen LogP contribution in [-0.2, 0) is 0 Å². The van der Waals surface area contributed by atoms with E-state index >= 15 is 0 Å². The Morgan fingerprint density at radius 3 is 1.03 bits per heavy atom. The molecule has 8 nitrogen and oxygen atoms in total. The topological polar surface area (TPSA) is 103 Å². The van der Waals surface area contributed by atoms with E-state index in [0.717, 1.165) is 11.4 Å². The van der Waals surface area contributed by atoms with Crippen LogP contribution >= 0.6 is 0 Å². The van der Waals surface area contributed by atoms with Crippen molar-refractivity contribution < 1.29 is 0 Å². The lowest BCUT2D eigenvalue weighted by atomic mass is 10.1. The number of rotatable bonds is 5. The second-order valence-corrected chi connectivity index (χ2v) is 7.75. The Labute approximate surface area is 206 Å². The number of nitrogens with zero attached hydrogens (tertiary/aromatic N) is 8. The van der Waals surface area contributed by atoms with Crippen molar-refractivity contribution in [1.82, 2.24) is 39.9 Å². The maximum absolute atomic E-state index is 4.87. The van der Waals surface area contributed by atoms with Crippen molar-refractivity contribution in [2.45, 2.75) is 0 Å². The molecule has 0 aliphatic rings. The monoisotopic (exact) mass is 466 g/mol. The van der Waals surface area contributed by atoms with Crippen LogP contribution in [0.25, 0.3) is 56.9 Å². The van der Waals surface area contributed by atoms with Crippen LogP contribution in [0.3, 0.4) is 0 Å². The first kappa shape index (κ1) is 21.3. The van der Waals surface area contributed by atoms with E-state index in [2.05, 4.69) is 29.9 Å². The summed E-state index contributed by atoms with van der Waals surface area (Å²) in [5.74, 6) is 0. The van der Waals surface area contributed by atoms with Crippen LogP contribution in [0.1, 0.15) is 0 Å². The molecule has 36 heavy (non-hydrogen) atoms. The van der Waals surface area contributed by atoms with Gasteiger partial charge in [0.25, 0.3) is 0 Å². The van der Waals surface area contributed by atoms with Crippen molar-refractivity contribution in [1.29, 1.82) is 0 Å². The van der Waals surface area contributed by atoms with Gasteiger partial charge in [0.2, 0.25) is 0 Å². The molecule has 6 heterocycles. The first-order chi connectivity index (χ1) is 17.9. The molecule has 6 aromatic rings. The van der Waals surface area contributed by atoms with Crippen molar-refractivity contribution in [2.75, 3.05) is 0 Å². The minimum atomic E-state index is 0.653. The Hall–Kier alpha value is -5.24. The van der Waals surface area contributed by atoms with Crippen LogP contribution in [0.5, 0.6) is 0 Å². The Bertz CT molecular complexity index is 1510. The van der Waals surface area contributed by atoms with E-state index in [-0.39, 0.29) is 0 Å². The summed E-state index contributed by atoms with van der Waals surface area (Å²) in [7, 11) is 0. The summed E-state index contributed by atoms with van der Waals surface area (Å²) in [6.45, 7) is 0. The Kier molecular flexibility index (Phi) is 5.65. The van der Waals surface area contributed by atoms with Crippen molar-refractivity contribution >= 4 is 0 Å². The van der Waals surface area contributed by atoms with Gasteiger partial charge in [-0.2, -0.15) is 0 Å². The molecule has 6 rings (SSSR count). The highest BCUT2D eigenvalue weighted by molar-refractivity contribution is 5.76. The molecule has 0 spiro atoms. The lowest BCUT2D eigenvalue weighted by molar-refractivity contribution is 1.14. The fourth-order valence-corrected chi connectivity index (χ4v) is 3.85. The number of aromatic nitrogens is 8. The number of pyridine rings is 4. The molecule has 0 amide bonds. The average Bonchev–Trinajstić information content (AvgIpc) is 2.98. The minimum Gasteiger partial charge on any atom is -0.255 e. The summed E-state index contributed by atoms with van der Waals surface area (Å²) < 4.78 is 0. The fourth-order valence-electron chi connectivity index (χ4n) is 3.85. The van der Waals surface area contributed by atoms with Gasteiger partial charge < -0.3 is 0 Å². The molecule has 0 saturated heterocycles. The van der Waals surface area contributed by atoms with E-state index in [1.165, 1.54) is 0 Å². The summed E-state index contributed by atoms with van der Waals surface area (Å²) >= 11 is 0. The molecule has 0 aliphatic carbocycles. The molecule has 0 fully saturated rings. The van der Waals surface area contributed by atoms with Crippen LogP contribution in [0.4, 0.5) is 0 Å². The second-order valence-electron chi connectivity index (χ2n) is 7.75. The molecule has 0 N–H and O–H groups in total. The quantitative estimate of drug-likeness (QED) is 0.342. The minimum absolute atomic E-state index is 0.653. The molecule has 0 aromatic carbocycles. The van der Waals surface area contributed by atoms with Crippen LogP contribution in [0, 0.1) is 0 Å². The van der Waals surface area contributed by atoms with Gasteiger partial charge in [0.1, 0.15) is 22.8 Å². The molecular weight excluding hydrogens is 448 g/mol. The Morgan fingerprint density at radius 1 is 0.278 bits per heavy atom. The second kappa shape index (κ2) is 9.55. The average molecular weight is 467 g/mol. The van der Waals surface area contributed by atoms with Crippen molar-refractivity contribution in [3.05, 3.63) is 110 Å². The predicted molar refractivity (Wildman–Crippen MR) is 136 cm³/mol. The van der Waals surface area contributed by atoms with Crippen LogP contribution in [0.2, 0.25) is 0 Å². The van der Waals surface area contributed by atoms with Gasteiger partial charge in [-0.3, -0.25) is 29.9 Å². The third-order valence-electron chi connectivity index (χ3n) is 5.46. The summed E-state index contributed by atoms with van der Waals surface area (Å²) in [6, 6.07) is 22.9. The van der Waals surface area contributed by atoms with Gasteiger partial charge >= 0.3 is 0 Å². The zero-order valence-corrected chi connectivity index (χ0v) is 19.0. The number of hydrogen-bond donors (Lipinski definition) is 0. The zero-order valence-electron chi connectivity index (χ0n) is 19.0. The van der Waals surface area contributed by atoms with Crippen LogP contribution < -0.4 is 0 Å². The molecule has 0 atom stereocenters. The van der Waals surface area contributed by atoms with Crippen LogP contribution in [-0.4, -0.2) is 39.9 Å². The lowest BCUT2D eigenvalue weighted by Gasteiger charge is -2.10. The Morgan fingerprint density at radius 2 is 0.639 bits per heavy atom. The van der Waals surface area contributed by atoms with Gasteiger partial charge in [0.05, 0.1) is 34.2 Å². The van der Waals surface area contributed by atoms with E-state index in [1.54, 1.807) is 37.2 Å². The highest BCUT2D eigenvalue weighted by Gasteiger charge is 2.16.